The van der Waals surface area contributed by atoms with Crippen molar-refractivity contribution in [2.75, 3.05) is 0 Å². The molecule has 0 saturated carbocycles. The zero-order valence-corrected chi connectivity index (χ0v) is 14.2. The highest BCUT2D eigenvalue weighted by Crippen LogP contribution is 2.25. The van der Waals surface area contributed by atoms with Crippen molar-refractivity contribution < 1.29 is 0 Å². The highest BCUT2D eigenvalue weighted by atomic mass is 35.5. The molecule has 1 aliphatic heterocycles. The van der Waals surface area contributed by atoms with Crippen LogP contribution in [0, 0.1) is 5.92 Å². The number of nitrogens with one attached hydrogen (secondary N) is 1. The molecule has 0 fully saturated rings. The zero-order valence-electron chi connectivity index (χ0n) is 13.4. The summed E-state index contributed by atoms with van der Waals surface area (Å²) in [4.78, 5) is 4.36. The van der Waals surface area contributed by atoms with E-state index in [0.29, 0.717) is 5.92 Å². The van der Waals surface area contributed by atoms with Crippen LogP contribution < -0.4 is 5.32 Å². The molecule has 0 aromatic heterocycles. The van der Waals surface area contributed by atoms with Crippen LogP contribution in [0.25, 0.3) is 0 Å². The predicted octanol–water partition coefficient (Wildman–Crippen LogP) is 4.85. The van der Waals surface area contributed by atoms with E-state index >= 15 is 0 Å². The Kier molecular flexibility index (Phi) is 6.89. The van der Waals surface area contributed by atoms with E-state index in [-0.39, 0.29) is 12.1 Å². The van der Waals surface area contributed by atoms with Crippen molar-refractivity contribution in [1.29, 1.82) is 0 Å². The Labute approximate surface area is 144 Å². The van der Waals surface area contributed by atoms with E-state index < -0.39 is 0 Å². The first-order valence-electron chi connectivity index (χ1n) is 7.81. The fourth-order valence-corrected chi connectivity index (χ4v) is 2.76. The zero-order chi connectivity index (χ0) is 16.5. The maximum Gasteiger partial charge on any atom is 0.0946 e. The minimum absolute atomic E-state index is 0.0840. The fourth-order valence-electron chi connectivity index (χ4n) is 2.61. The third-order valence-electron chi connectivity index (χ3n) is 3.95. The monoisotopic (exact) mass is 326 g/mol. The summed E-state index contributed by atoms with van der Waals surface area (Å²) in [5, 5.41) is 3.27. The minimum Gasteiger partial charge on any atom is -0.368 e. The molecular formula is C20H23ClN2. The van der Waals surface area contributed by atoms with Gasteiger partial charge >= 0.3 is 0 Å². The normalized spacial score (nSPS) is 28.0. The summed E-state index contributed by atoms with van der Waals surface area (Å²) in [6, 6.07) is 0.272. The van der Waals surface area contributed by atoms with Gasteiger partial charge in [-0.25, -0.2) is 0 Å². The SMILES string of the molecule is C=C/C=C\C=C\C1=CCC(/C(C)=C/C2NC=NC2/C=C/Cl)C=C1. The van der Waals surface area contributed by atoms with Crippen LogP contribution in [-0.2, 0) is 0 Å². The van der Waals surface area contributed by atoms with Gasteiger partial charge < -0.3 is 5.32 Å². The number of hydrogen-bond acceptors (Lipinski definition) is 2. The summed E-state index contributed by atoms with van der Waals surface area (Å²) in [6.07, 6.45) is 23.5. The molecule has 1 N–H and O–H groups in total. The van der Waals surface area contributed by atoms with Crippen LogP contribution in [0.5, 0.6) is 0 Å². The van der Waals surface area contributed by atoms with Crippen LogP contribution in [0.1, 0.15) is 13.3 Å². The average Bonchev–Trinajstić information content (AvgIpc) is 2.99. The number of halogens is 1. The highest BCUT2D eigenvalue weighted by Gasteiger charge is 2.20. The van der Waals surface area contributed by atoms with Gasteiger partial charge in [-0.1, -0.05) is 78.4 Å². The van der Waals surface area contributed by atoms with Gasteiger partial charge in [0.25, 0.3) is 0 Å². The summed E-state index contributed by atoms with van der Waals surface area (Å²) in [6.45, 7) is 5.83. The molecule has 3 atom stereocenters. The molecule has 0 aromatic carbocycles. The molecule has 3 unspecified atom stereocenters. The first-order valence-corrected chi connectivity index (χ1v) is 8.25. The van der Waals surface area contributed by atoms with E-state index in [1.54, 1.807) is 12.4 Å². The Hall–Kier alpha value is -2.06. The molecule has 1 heterocycles. The molecule has 120 valence electrons. The lowest BCUT2D eigenvalue weighted by Gasteiger charge is -2.19. The van der Waals surface area contributed by atoms with Gasteiger partial charge in [-0.2, -0.15) is 0 Å². The minimum atomic E-state index is 0.0840. The van der Waals surface area contributed by atoms with E-state index in [1.807, 2.05) is 24.3 Å². The van der Waals surface area contributed by atoms with Crippen molar-refractivity contribution in [2.45, 2.75) is 25.4 Å². The lowest BCUT2D eigenvalue weighted by molar-refractivity contribution is 0.677. The Morgan fingerprint density at radius 3 is 2.96 bits per heavy atom. The molecule has 0 radical (unpaired) electrons. The Bertz CT molecular complexity index is 618. The molecular weight excluding hydrogens is 304 g/mol. The molecule has 2 nitrogen and oxygen atoms in total. The quantitative estimate of drug-likeness (QED) is 0.547. The Morgan fingerprint density at radius 2 is 2.26 bits per heavy atom. The van der Waals surface area contributed by atoms with E-state index in [1.165, 1.54) is 16.7 Å². The van der Waals surface area contributed by atoms with Gasteiger partial charge in [0, 0.05) is 11.5 Å². The van der Waals surface area contributed by atoms with Crippen LogP contribution in [0.2, 0.25) is 0 Å². The van der Waals surface area contributed by atoms with Gasteiger partial charge in [-0.15, -0.1) is 0 Å². The van der Waals surface area contributed by atoms with Crippen LogP contribution in [0.3, 0.4) is 0 Å². The first kappa shape index (κ1) is 17.3. The van der Waals surface area contributed by atoms with E-state index in [4.69, 9.17) is 11.6 Å². The molecule has 0 aromatic rings. The van der Waals surface area contributed by atoms with Gasteiger partial charge in [-0.05, 0) is 25.0 Å². The lowest BCUT2D eigenvalue weighted by atomic mass is 9.89. The van der Waals surface area contributed by atoms with Crippen molar-refractivity contribution >= 4 is 17.9 Å². The maximum absolute atomic E-state index is 5.67. The lowest BCUT2D eigenvalue weighted by Crippen LogP contribution is -2.29. The number of hydrogen-bond donors (Lipinski definition) is 1. The molecule has 0 bridgehead atoms. The van der Waals surface area contributed by atoms with Crippen LogP contribution in [0.4, 0.5) is 0 Å². The van der Waals surface area contributed by atoms with Gasteiger partial charge in [-0.3, -0.25) is 4.99 Å². The number of aliphatic imine (C=N–C) groups is 1. The number of allylic oxidation sites excluding steroid dienone is 10. The van der Waals surface area contributed by atoms with Gasteiger partial charge in [0.1, 0.15) is 0 Å². The molecule has 2 aliphatic rings. The number of rotatable bonds is 6. The first-order chi connectivity index (χ1) is 11.2. The van der Waals surface area contributed by atoms with Crippen LogP contribution in [-0.4, -0.2) is 18.4 Å². The van der Waals surface area contributed by atoms with Gasteiger partial charge in [0.15, 0.2) is 0 Å². The van der Waals surface area contributed by atoms with Crippen LogP contribution >= 0.6 is 11.6 Å². The standard InChI is InChI=1S/C20H23ClN2/c1-3-4-5-6-7-17-8-10-18(11-9-17)16(2)14-20-19(12-13-21)22-15-23-20/h3-10,12-15,18-20H,1,11H2,2H3,(H,22,23)/b5-4-,7-6+,13-12+,16-14+. The summed E-state index contributed by atoms with van der Waals surface area (Å²) in [5.41, 5.74) is 4.13. The largest absolute Gasteiger partial charge is 0.368 e. The molecule has 0 amide bonds. The van der Waals surface area contributed by atoms with Crippen molar-refractivity contribution in [1.82, 2.24) is 5.32 Å². The molecule has 0 spiro atoms. The van der Waals surface area contributed by atoms with Crippen LogP contribution in [0.15, 0.2) is 89.0 Å². The third-order valence-corrected chi connectivity index (χ3v) is 4.10. The van der Waals surface area contributed by atoms with E-state index in [9.17, 15) is 0 Å². The second-order valence-electron chi connectivity index (χ2n) is 5.58. The summed E-state index contributed by atoms with van der Waals surface area (Å²) < 4.78 is 0. The maximum atomic E-state index is 5.67. The predicted molar refractivity (Wildman–Crippen MR) is 102 cm³/mol. The second kappa shape index (κ2) is 9.16. The van der Waals surface area contributed by atoms with Crippen molar-refractivity contribution in [3.8, 4) is 0 Å². The topological polar surface area (TPSA) is 24.4 Å². The van der Waals surface area contributed by atoms with Crippen molar-refractivity contribution in [2.24, 2.45) is 10.9 Å². The van der Waals surface area contributed by atoms with Gasteiger partial charge in [0.05, 0.1) is 18.4 Å². The fraction of sp³-hybridized carbons (Fsp3) is 0.250. The van der Waals surface area contributed by atoms with Gasteiger partial charge in [0.2, 0.25) is 0 Å². The molecule has 23 heavy (non-hydrogen) atoms. The molecule has 0 saturated heterocycles. The van der Waals surface area contributed by atoms with Crippen molar-refractivity contribution in [3.63, 3.8) is 0 Å². The smallest absolute Gasteiger partial charge is 0.0946 e. The molecule has 1 aliphatic carbocycles. The summed E-state index contributed by atoms with van der Waals surface area (Å²) in [7, 11) is 0. The number of nitrogens with zero attached hydrogens (tertiary/aromatic N) is 1. The van der Waals surface area contributed by atoms with Crippen molar-refractivity contribution in [3.05, 3.63) is 84.0 Å². The molecule has 2 rings (SSSR count). The average molecular weight is 327 g/mol. The second-order valence-corrected chi connectivity index (χ2v) is 5.83. The summed E-state index contributed by atoms with van der Waals surface area (Å²) >= 11 is 5.67. The third kappa shape index (κ3) is 5.26. The summed E-state index contributed by atoms with van der Waals surface area (Å²) in [5.74, 6) is 0.443. The Morgan fingerprint density at radius 1 is 1.39 bits per heavy atom. The molecule has 3 heteroatoms. The van der Waals surface area contributed by atoms with E-state index in [2.05, 4.69) is 54.2 Å². The van der Waals surface area contributed by atoms with E-state index in [0.717, 1.165) is 6.42 Å². The Balaban J connectivity index is 1.94. The highest BCUT2D eigenvalue weighted by molar-refractivity contribution is 6.25.